The highest BCUT2D eigenvalue weighted by Gasteiger charge is 2.54. The Hall–Kier alpha value is -3.07. The van der Waals surface area contributed by atoms with Crippen LogP contribution in [0.5, 0.6) is 5.75 Å². The van der Waals surface area contributed by atoms with Gasteiger partial charge in [0.25, 0.3) is 5.91 Å². The SMILES string of the molecule is CCCCOc1ccc(C(=O)NCC(=O)NCC[C@@](O)(c2ccccc2)C(F)(F)F)cc1. The molecule has 2 amide bonds. The highest BCUT2D eigenvalue weighted by atomic mass is 19.4. The lowest BCUT2D eigenvalue weighted by Gasteiger charge is -2.31. The van der Waals surface area contributed by atoms with Crippen molar-refractivity contribution in [2.45, 2.75) is 38.0 Å². The number of unbranched alkanes of at least 4 members (excludes halogenated alkanes) is 1. The third-order valence-electron chi connectivity index (χ3n) is 4.82. The van der Waals surface area contributed by atoms with E-state index in [4.69, 9.17) is 4.74 Å². The summed E-state index contributed by atoms with van der Waals surface area (Å²) < 4.78 is 45.8. The number of rotatable bonds is 11. The Morgan fingerprint density at radius 3 is 2.25 bits per heavy atom. The summed E-state index contributed by atoms with van der Waals surface area (Å²) in [5.41, 5.74) is -3.08. The number of nitrogens with one attached hydrogen (secondary N) is 2. The lowest BCUT2D eigenvalue weighted by molar-refractivity contribution is -0.268. The second-order valence-corrected chi connectivity index (χ2v) is 7.23. The topological polar surface area (TPSA) is 87.7 Å². The summed E-state index contributed by atoms with van der Waals surface area (Å²) in [6.45, 7) is 1.79. The third-order valence-corrected chi connectivity index (χ3v) is 4.82. The van der Waals surface area contributed by atoms with Crippen LogP contribution in [0.25, 0.3) is 0 Å². The number of ether oxygens (including phenoxy) is 1. The van der Waals surface area contributed by atoms with E-state index >= 15 is 0 Å². The number of carbonyl (C=O) groups excluding carboxylic acids is 2. The van der Waals surface area contributed by atoms with E-state index in [0.717, 1.165) is 12.8 Å². The molecule has 0 heterocycles. The fraction of sp³-hybridized carbons (Fsp3) is 0.391. The zero-order chi connectivity index (χ0) is 23.6. The van der Waals surface area contributed by atoms with Crippen molar-refractivity contribution in [2.24, 2.45) is 0 Å². The first kappa shape index (κ1) is 25.2. The number of hydrogen-bond donors (Lipinski definition) is 3. The Kier molecular flexibility index (Phi) is 9.07. The lowest BCUT2D eigenvalue weighted by atomic mass is 9.89. The molecule has 0 aliphatic heterocycles. The van der Waals surface area contributed by atoms with Crippen molar-refractivity contribution in [1.82, 2.24) is 10.6 Å². The van der Waals surface area contributed by atoms with E-state index in [1.165, 1.54) is 30.3 Å². The minimum absolute atomic E-state index is 0.308. The number of aliphatic hydroxyl groups is 1. The first-order valence-corrected chi connectivity index (χ1v) is 10.3. The van der Waals surface area contributed by atoms with Crippen LogP contribution in [0.4, 0.5) is 13.2 Å². The second kappa shape index (κ2) is 11.5. The van der Waals surface area contributed by atoms with Gasteiger partial charge in [-0.15, -0.1) is 0 Å². The van der Waals surface area contributed by atoms with Crippen LogP contribution in [0.1, 0.15) is 42.1 Å². The summed E-state index contributed by atoms with van der Waals surface area (Å²) in [6, 6.07) is 13.1. The van der Waals surface area contributed by atoms with Gasteiger partial charge in [0.2, 0.25) is 5.91 Å². The first-order chi connectivity index (χ1) is 15.2. The molecule has 2 rings (SSSR count). The maximum Gasteiger partial charge on any atom is 0.421 e. The maximum atomic E-state index is 13.4. The van der Waals surface area contributed by atoms with Crippen molar-refractivity contribution >= 4 is 11.8 Å². The monoisotopic (exact) mass is 452 g/mol. The Morgan fingerprint density at radius 1 is 1.00 bits per heavy atom. The molecule has 0 spiro atoms. The molecule has 0 aliphatic rings. The molecule has 0 unspecified atom stereocenters. The van der Waals surface area contributed by atoms with E-state index in [1.807, 2.05) is 6.92 Å². The zero-order valence-corrected chi connectivity index (χ0v) is 17.7. The number of alkyl halides is 3. The molecule has 0 bridgehead atoms. The van der Waals surface area contributed by atoms with Crippen molar-refractivity contribution in [2.75, 3.05) is 19.7 Å². The molecule has 1 atom stereocenters. The normalized spacial score (nSPS) is 13.2. The predicted octanol–water partition coefficient (Wildman–Crippen LogP) is 3.55. The Labute approximate surface area is 184 Å². The molecule has 0 saturated heterocycles. The molecule has 0 saturated carbocycles. The van der Waals surface area contributed by atoms with E-state index in [1.54, 1.807) is 24.3 Å². The molecular formula is C23H27F3N2O4. The minimum Gasteiger partial charge on any atom is -0.494 e. The predicted molar refractivity (Wildman–Crippen MR) is 113 cm³/mol. The minimum atomic E-state index is -4.92. The second-order valence-electron chi connectivity index (χ2n) is 7.23. The van der Waals surface area contributed by atoms with Crippen LogP contribution in [0, 0.1) is 0 Å². The van der Waals surface area contributed by atoms with Crippen molar-refractivity contribution in [1.29, 1.82) is 0 Å². The van der Waals surface area contributed by atoms with E-state index in [9.17, 15) is 27.9 Å². The molecule has 0 aromatic heterocycles. The van der Waals surface area contributed by atoms with E-state index in [-0.39, 0.29) is 5.56 Å². The quantitative estimate of drug-likeness (QED) is 0.455. The summed E-state index contributed by atoms with van der Waals surface area (Å²) in [5.74, 6) is -0.546. The van der Waals surface area contributed by atoms with Crippen molar-refractivity contribution < 1.29 is 32.6 Å². The number of hydrogen-bond acceptors (Lipinski definition) is 4. The molecule has 6 nitrogen and oxygen atoms in total. The van der Waals surface area contributed by atoms with Gasteiger partial charge in [0.15, 0.2) is 5.60 Å². The zero-order valence-electron chi connectivity index (χ0n) is 17.7. The third kappa shape index (κ3) is 6.98. The van der Waals surface area contributed by atoms with E-state index < -0.39 is 43.1 Å². The van der Waals surface area contributed by atoms with Gasteiger partial charge in [-0.2, -0.15) is 13.2 Å². The van der Waals surface area contributed by atoms with Gasteiger partial charge >= 0.3 is 6.18 Å². The highest BCUT2D eigenvalue weighted by Crippen LogP contribution is 2.41. The van der Waals surface area contributed by atoms with Gasteiger partial charge in [-0.1, -0.05) is 43.7 Å². The fourth-order valence-electron chi connectivity index (χ4n) is 2.91. The number of amides is 2. The van der Waals surface area contributed by atoms with Crippen LogP contribution in [-0.2, 0) is 10.4 Å². The van der Waals surface area contributed by atoms with E-state index in [2.05, 4.69) is 10.6 Å². The van der Waals surface area contributed by atoms with Gasteiger partial charge in [-0.25, -0.2) is 0 Å². The van der Waals surface area contributed by atoms with Crippen LogP contribution in [0.2, 0.25) is 0 Å². The van der Waals surface area contributed by atoms with Gasteiger partial charge in [0.1, 0.15) is 5.75 Å². The van der Waals surface area contributed by atoms with Crippen LogP contribution < -0.4 is 15.4 Å². The molecule has 3 N–H and O–H groups in total. The molecule has 174 valence electrons. The van der Waals surface area contributed by atoms with Crippen LogP contribution in [0.15, 0.2) is 54.6 Å². The highest BCUT2D eigenvalue weighted by molar-refractivity contribution is 5.96. The number of carbonyl (C=O) groups is 2. The molecule has 2 aromatic rings. The molecule has 0 fully saturated rings. The van der Waals surface area contributed by atoms with E-state index in [0.29, 0.717) is 17.9 Å². The standard InChI is InChI=1S/C23H27F3N2O4/c1-2-3-15-32-19-11-9-17(10-12-19)21(30)28-16-20(29)27-14-13-22(31,23(24,25)26)18-7-5-4-6-8-18/h4-12,31H,2-3,13-16H2,1H3,(H,27,29)(H,28,30)/t22-/m1/s1. The summed E-state index contributed by atoms with van der Waals surface area (Å²) in [5, 5.41) is 14.9. The van der Waals surface area contributed by atoms with Crippen molar-refractivity contribution in [3.63, 3.8) is 0 Å². The Morgan fingerprint density at radius 2 is 1.66 bits per heavy atom. The van der Waals surface area contributed by atoms with Crippen LogP contribution >= 0.6 is 0 Å². The largest absolute Gasteiger partial charge is 0.494 e. The van der Waals surface area contributed by atoms with Crippen LogP contribution in [0.3, 0.4) is 0 Å². The Balaban J connectivity index is 1.82. The number of halogens is 3. The number of benzene rings is 2. The van der Waals surface area contributed by atoms with Gasteiger partial charge in [0.05, 0.1) is 13.2 Å². The van der Waals surface area contributed by atoms with Gasteiger partial charge in [-0.05, 0) is 36.2 Å². The molecule has 9 heteroatoms. The average molecular weight is 452 g/mol. The van der Waals surface area contributed by atoms with Crippen molar-refractivity contribution in [3.05, 3.63) is 65.7 Å². The molecular weight excluding hydrogens is 425 g/mol. The summed E-state index contributed by atoms with van der Waals surface area (Å²) in [4.78, 5) is 24.1. The summed E-state index contributed by atoms with van der Waals surface area (Å²) >= 11 is 0. The fourth-order valence-corrected chi connectivity index (χ4v) is 2.91. The van der Waals surface area contributed by atoms with Gasteiger partial charge in [0, 0.05) is 18.5 Å². The smallest absolute Gasteiger partial charge is 0.421 e. The van der Waals surface area contributed by atoms with Crippen molar-refractivity contribution in [3.8, 4) is 5.75 Å². The summed E-state index contributed by atoms with van der Waals surface area (Å²) in [6.07, 6.45) is -3.76. The molecule has 0 aliphatic carbocycles. The molecule has 2 aromatic carbocycles. The average Bonchev–Trinajstić information content (AvgIpc) is 2.78. The molecule has 32 heavy (non-hydrogen) atoms. The first-order valence-electron chi connectivity index (χ1n) is 10.3. The summed E-state index contributed by atoms with van der Waals surface area (Å²) in [7, 11) is 0. The van der Waals surface area contributed by atoms with Gasteiger partial charge < -0.3 is 20.5 Å². The lowest BCUT2D eigenvalue weighted by Crippen LogP contribution is -2.46. The Bertz CT molecular complexity index is 873. The van der Waals surface area contributed by atoms with Gasteiger partial charge in [-0.3, -0.25) is 9.59 Å². The van der Waals surface area contributed by atoms with Crippen LogP contribution in [-0.4, -0.2) is 42.8 Å². The molecule has 0 radical (unpaired) electrons. The maximum absolute atomic E-state index is 13.4.